The molecule has 0 aromatic heterocycles. The first-order valence-corrected chi connectivity index (χ1v) is 14.3. The lowest BCUT2D eigenvalue weighted by Crippen LogP contribution is -2.69. The van der Waals surface area contributed by atoms with Gasteiger partial charge in [0.05, 0.1) is 23.2 Å². The molecular formula is C30H50O5. The van der Waals surface area contributed by atoms with Crippen LogP contribution in [0.1, 0.15) is 106 Å². The number of aliphatic carboxylic acids is 1. The maximum Gasteiger partial charge on any atom is 0.309 e. The Labute approximate surface area is 212 Å². The van der Waals surface area contributed by atoms with Gasteiger partial charge in [-0.2, -0.15) is 0 Å². The van der Waals surface area contributed by atoms with Crippen LogP contribution in [0.4, 0.5) is 0 Å². The summed E-state index contributed by atoms with van der Waals surface area (Å²) in [5.74, 6) is 0.475. The average Bonchev–Trinajstić information content (AvgIpc) is 3.14. The molecule has 0 bridgehead atoms. The zero-order valence-corrected chi connectivity index (χ0v) is 23.1. The van der Waals surface area contributed by atoms with Crippen molar-refractivity contribution in [1.82, 2.24) is 0 Å². The summed E-state index contributed by atoms with van der Waals surface area (Å²) < 4.78 is 0. The Hall–Kier alpha value is -0.650. The molecule has 5 nitrogen and oxygen atoms in total. The van der Waals surface area contributed by atoms with Gasteiger partial charge in [0.25, 0.3) is 0 Å². The molecule has 5 heteroatoms. The van der Waals surface area contributed by atoms with Crippen LogP contribution in [-0.2, 0) is 4.79 Å². The van der Waals surface area contributed by atoms with E-state index in [0.29, 0.717) is 37.0 Å². The van der Waals surface area contributed by atoms with Crippen LogP contribution < -0.4 is 0 Å². The highest BCUT2D eigenvalue weighted by molar-refractivity contribution is 5.76. The molecule has 200 valence electrons. The minimum absolute atomic E-state index is 0.00646. The van der Waals surface area contributed by atoms with E-state index in [-0.39, 0.29) is 33.5 Å². The minimum atomic E-state index is -0.880. The Bertz CT molecular complexity index is 892. The normalized spacial score (nSPS) is 55.3. The molecule has 0 amide bonds. The lowest BCUT2D eigenvalue weighted by Gasteiger charge is -2.73. The van der Waals surface area contributed by atoms with Crippen LogP contribution in [0.25, 0.3) is 0 Å². The van der Waals surface area contributed by atoms with E-state index in [2.05, 4.69) is 34.6 Å². The van der Waals surface area contributed by atoms with Crippen molar-refractivity contribution in [3.05, 3.63) is 0 Å². The van der Waals surface area contributed by atoms with Crippen LogP contribution >= 0.6 is 0 Å². The van der Waals surface area contributed by atoms with Crippen molar-refractivity contribution in [2.75, 3.05) is 0 Å². The lowest BCUT2D eigenvalue weighted by atomic mass is 9.32. The molecule has 0 aromatic rings. The third-order valence-corrected chi connectivity index (χ3v) is 13.7. The van der Waals surface area contributed by atoms with E-state index >= 15 is 0 Å². The summed E-state index contributed by atoms with van der Waals surface area (Å²) in [6.07, 6.45) is 6.59. The standard InChI is InChI=1S/C30H50O5/c1-25(2)20-11-12-29(7)21(27(20,5)16-19(31)23(25)32)9-8-18-22-17(26(3,4)35)10-13-30(22,24(33)34)15-14-28(18,29)6/h17-23,31-32,35H,8-16H2,1-7H3,(H,33,34)/t17-,18-,19-,20+,21-,22-,23+,27+,28-,29-,30+/m1/s1. The molecule has 0 radical (unpaired) electrons. The first-order valence-electron chi connectivity index (χ1n) is 14.3. The zero-order valence-electron chi connectivity index (χ0n) is 23.1. The fourth-order valence-corrected chi connectivity index (χ4v) is 11.9. The Morgan fingerprint density at radius 3 is 2.09 bits per heavy atom. The van der Waals surface area contributed by atoms with E-state index in [0.717, 1.165) is 38.5 Å². The lowest BCUT2D eigenvalue weighted by molar-refractivity contribution is -0.266. The summed E-state index contributed by atoms with van der Waals surface area (Å²) in [6, 6.07) is 0. The van der Waals surface area contributed by atoms with Gasteiger partial charge in [0, 0.05) is 0 Å². The highest BCUT2D eigenvalue weighted by Crippen LogP contribution is 2.77. The topological polar surface area (TPSA) is 98.0 Å². The molecule has 5 rings (SSSR count). The molecule has 5 aliphatic rings. The minimum Gasteiger partial charge on any atom is -0.481 e. The van der Waals surface area contributed by atoms with Crippen LogP contribution in [0.5, 0.6) is 0 Å². The zero-order chi connectivity index (χ0) is 26.0. The number of carboxylic acids is 1. The van der Waals surface area contributed by atoms with E-state index in [1.54, 1.807) is 0 Å². The van der Waals surface area contributed by atoms with Crippen LogP contribution in [-0.4, -0.2) is 44.2 Å². The van der Waals surface area contributed by atoms with E-state index in [1.165, 1.54) is 0 Å². The summed E-state index contributed by atoms with van der Waals surface area (Å²) in [4.78, 5) is 12.8. The monoisotopic (exact) mass is 490 g/mol. The molecule has 11 atom stereocenters. The Kier molecular flexibility index (Phi) is 5.54. The Balaban J connectivity index is 1.58. The van der Waals surface area contributed by atoms with Crippen molar-refractivity contribution in [1.29, 1.82) is 0 Å². The quantitative estimate of drug-likeness (QED) is 0.424. The smallest absolute Gasteiger partial charge is 0.309 e. The van der Waals surface area contributed by atoms with E-state index in [9.17, 15) is 25.2 Å². The van der Waals surface area contributed by atoms with Gasteiger partial charge in [-0.3, -0.25) is 4.79 Å². The molecule has 0 heterocycles. The predicted molar refractivity (Wildman–Crippen MR) is 135 cm³/mol. The van der Waals surface area contributed by atoms with Crippen molar-refractivity contribution < 1.29 is 25.2 Å². The second-order valence-electron chi connectivity index (χ2n) is 15.5. The predicted octanol–water partition coefficient (Wildman–Crippen LogP) is 5.26. The summed E-state index contributed by atoms with van der Waals surface area (Å²) in [7, 11) is 0. The number of rotatable bonds is 2. The van der Waals surface area contributed by atoms with Crippen molar-refractivity contribution in [2.24, 2.45) is 56.7 Å². The summed E-state index contributed by atoms with van der Waals surface area (Å²) in [5, 5.41) is 43.6. The van der Waals surface area contributed by atoms with E-state index < -0.39 is 29.2 Å². The molecular weight excluding hydrogens is 440 g/mol. The Morgan fingerprint density at radius 2 is 1.49 bits per heavy atom. The van der Waals surface area contributed by atoms with Gasteiger partial charge in [0.15, 0.2) is 0 Å². The second-order valence-corrected chi connectivity index (χ2v) is 15.5. The molecule has 0 aliphatic heterocycles. The number of aliphatic hydroxyl groups excluding tert-OH is 2. The maximum atomic E-state index is 12.8. The van der Waals surface area contributed by atoms with Crippen LogP contribution in [0, 0.1) is 56.7 Å². The molecule has 0 saturated heterocycles. The first kappa shape index (κ1) is 26.0. The average molecular weight is 491 g/mol. The molecule has 4 N–H and O–H groups in total. The maximum absolute atomic E-state index is 12.8. The summed E-state index contributed by atoms with van der Waals surface area (Å²) >= 11 is 0. The van der Waals surface area contributed by atoms with Gasteiger partial charge in [0.1, 0.15) is 0 Å². The number of hydrogen-bond donors (Lipinski definition) is 4. The molecule has 5 saturated carbocycles. The Morgan fingerprint density at radius 1 is 0.829 bits per heavy atom. The van der Waals surface area contributed by atoms with Gasteiger partial charge in [-0.1, -0.05) is 34.6 Å². The molecule has 0 unspecified atom stereocenters. The van der Waals surface area contributed by atoms with Crippen molar-refractivity contribution in [3.8, 4) is 0 Å². The van der Waals surface area contributed by atoms with Gasteiger partial charge < -0.3 is 20.4 Å². The summed E-state index contributed by atoms with van der Waals surface area (Å²) in [5.41, 5.74) is -1.89. The molecule has 0 aromatic carbocycles. The van der Waals surface area contributed by atoms with Gasteiger partial charge in [-0.25, -0.2) is 0 Å². The first-order chi connectivity index (χ1) is 16.0. The van der Waals surface area contributed by atoms with Crippen LogP contribution in [0.15, 0.2) is 0 Å². The highest BCUT2D eigenvalue weighted by atomic mass is 16.4. The molecule has 35 heavy (non-hydrogen) atoms. The molecule has 5 aliphatic carbocycles. The van der Waals surface area contributed by atoms with E-state index in [4.69, 9.17) is 0 Å². The van der Waals surface area contributed by atoms with Crippen LogP contribution in [0.3, 0.4) is 0 Å². The molecule has 0 spiro atoms. The summed E-state index contributed by atoms with van der Waals surface area (Å²) in [6.45, 7) is 15.4. The SMILES string of the molecule is CC(C)(O)[C@@H]1CC[C@]2(C(=O)O)CC[C@]3(C)[C@H](CC[C@@H]4[C@@]5(C)C[C@@H](O)[C@H](O)C(C)(C)[C@@H]5CC[C@]43C)[C@@H]12. The number of carboxylic acid groups (broad SMARTS) is 1. The van der Waals surface area contributed by atoms with Crippen molar-refractivity contribution in [3.63, 3.8) is 0 Å². The fourth-order valence-electron chi connectivity index (χ4n) is 11.9. The van der Waals surface area contributed by atoms with Gasteiger partial charge in [0.2, 0.25) is 0 Å². The van der Waals surface area contributed by atoms with Crippen molar-refractivity contribution in [2.45, 2.75) is 124 Å². The number of aliphatic hydroxyl groups is 3. The largest absolute Gasteiger partial charge is 0.481 e. The van der Waals surface area contributed by atoms with Gasteiger partial charge >= 0.3 is 5.97 Å². The molecule has 5 fully saturated rings. The van der Waals surface area contributed by atoms with Gasteiger partial charge in [-0.15, -0.1) is 0 Å². The fraction of sp³-hybridized carbons (Fsp3) is 0.967. The number of fused-ring (bicyclic) bond motifs is 7. The third-order valence-electron chi connectivity index (χ3n) is 13.7. The van der Waals surface area contributed by atoms with Gasteiger partial charge in [-0.05, 0) is 123 Å². The van der Waals surface area contributed by atoms with E-state index in [1.807, 2.05) is 13.8 Å². The van der Waals surface area contributed by atoms with Crippen LogP contribution in [0.2, 0.25) is 0 Å². The number of carbonyl (C=O) groups is 1. The second kappa shape index (κ2) is 7.47. The third kappa shape index (κ3) is 3.07. The van der Waals surface area contributed by atoms with Crippen molar-refractivity contribution >= 4 is 5.97 Å². The number of hydrogen-bond acceptors (Lipinski definition) is 4. The highest BCUT2D eigenvalue weighted by Gasteiger charge is 2.73.